The smallest absolute Gasteiger partial charge is 0.335 e. The summed E-state index contributed by atoms with van der Waals surface area (Å²) in [6, 6.07) is 14.8. The number of carboxylic acids is 1. The van der Waals surface area contributed by atoms with E-state index in [0.717, 1.165) is 36.3 Å². The number of carboxylic acid groups (broad SMARTS) is 1. The van der Waals surface area contributed by atoms with E-state index < -0.39 is 5.97 Å². The van der Waals surface area contributed by atoms with Gasteiger partial charge in [0.2, 0.25) is 0 Å². The van der Waals surface area contributed by atoms with Crippen LogP contribution in [0.5, 0.6) is 5.75 Å². The molecule has 1 N–H and O–H groups in total. The average Bonchev–Trinajstić information content (AvgIpc) is 2.64. The second-order valence-corrected chi connectivity index (χ2v) is 7.43. The van der Waals surface area contributed by atoms with Gasteiger partial charge in [-0.1, -0.05) is 60.0 Å². The lowest BCUT2D eigenvalue weighted by Gasteiger charge is -2.10. The zero-order chi connectivity index (χ0) is 18.1. The molecule has 0 radical (unpaired) electrons. The predicted molar refractivity (Wildman–Crippen MR) is 106 cm³/mol. The van der Waals surface area contributed by atoms with E-state index in [-0.39, 0.29) is 0 Å². The van der Waals surface area contributed by atoms with Gasteiger partial charge in [0.25, 0.3) is 0 Å². The Morgan fingerprint density at radius 1 is 1.00 bits per heavy atom. The number of hydrogen-bond donors (Lipinski definition) is 1. The number of benzene rings is 2. The van der Waals surface area contributed by atoms with Gasteiger partial charge in [-0.25, -0.2) is 4.79 Å². The number of unbranched alkanes of at least 4 members (excludes halogenated alkanes) is 1. The van der Waals surface area contributed by atoms with Crippen LogP contribution in [-0.4, -0.2) is 22.5 Å². The second kappa shape index (κ2) is 10.2. The minimum absolute atomic E-state index is 0.299. The van der Waals surface area contributed by atoms with Gasteiger partial charge in [0, 0.05) is 4.83 Å². The lowest BCUT2D eigenvalue weighted by Crippen LogP contribution is -2.03. The van der Waals surface area contributed by atoms with Gasteiger partial charge in [0.15, 0.2) is 0 Å². The molecule has 0 bridgehead atoms. The topological polar surface area (TPSA) is 46.5 Å². The van der Waals surface area contributed by atoms with Crippen molar-refractivity contribution in [3.05, 3.63) is 54.1 Å². The van der Waals surface area contributed by atoms with E-state index in [4.69, 9.17) is 9.84 Å². The minimum atomic E-state index is -0.907. The number of aromatic carboxylic acids is 1. The molecule has 4 heteroatoms. The van der Waals surface area contributed by atoms with E-state index in [1.165, 1.54) is 19.3 Å². The Morgan fingerprint density at radius 3 is 2.12 bits per heavy atom. The SMILES string of the molecule is CCCCC(Br)CCCOc1ccc(-c2ccc(C(=O)O)cc2)cc1. The summed E-state index contributed by atoms with van der Waals surface area (Å²) in [6.45, 7) is 2.94. The quantitative estimate of drug-likeness (QED) is 0.380. The van der Waals surface area contributed by atoms with Crippen molar-refractivity contribution in [2.45, 2.75) is 43.9 Å². The van der Waals surface area contributed by atoms with E-state index in [0.29, 0.717) is 10.4 Å². The molecular formula is C21H25BrO3. The highest BCUT2D eigenvalue weighted by molar-refractivity contribution is 9.09. The van der Waals surface area contributed by atoms with Crippen LogP contribution in [0.3, 0.4) is 0 Å². The first-order valence-electron chi connectivity index (χ1n) is 8.81. The van der Waals surface area contributed by atoms with Crippen molar-refractivity contribution in [1.82, 2.24) is 0 Å². The Hall–Kier alpha value is -1.81. The first-order chi connectivity index (χ1) is 12.1. The molecule has 0 amide bonds. The molecule has 0 heterocycles. The molecule has 25 heavy (non-hydrogen) atoms. The number of hydrogen-bond acceptors (Lipinski definition) is 2. The summed E-state index contributed by atoms with van der Waals surface area (Å²) >= 11 is 3.72. The highest BCUT2D eigenvalue weighted by Crippen LogP contribution is 2.23. The molecule has 3 nitrogen and oxygen atoms in total. The fourth-order valence-corrected chi connectivity index (χ4v) is 3.26. The van der Waals surface area contributed by atoms with Crippen molar-refractivity contribution in [3.8, 4) is 16.9 Å². The summed E-state index contributed by atoms with van der Waals surface area (Å²) in [5.41, 5.74) is 2.34. The zero-order valence-corrected chi connectivity index (χ0v) is 16.2. The van der Waals surface area contributed by atoms with Gasteiger partial charge < -0.3 is 9.84 Å². The zero-order valence-electron chi connectivity index (χ0n) is 14.6. The second-order valence-electron chi connectivity index (χ2n) is 6.14. The number of alkyl halides is 1. The summed E-state index contributed by atoms with van der Waals surface area (Å²) in [5, 5.41) is 8.94. The average molecular weight is 405 g/mol. The van der Waals surface area contributed by atoms with Gasteiger partial charge in [0.05, 0.1) is 12.2 Å². The van der Waals surface area contributed by atoms with Gasteiger partial charge in [-0.15, -0.1) is 0 Å². The molecule has 0 aliphatic rings. The summed E-state index contributed by atoms with van der Waals surface area (Å²) < 4.78 is 5.80. The Labute approximate surface area is 158 Å². The van der Waals surface area contributed by atoms with Crippen LogP contribution in [0, 0.1) is 0 Å². The number of rotatable bonds is 10. The number of halogens is 1. The van der Waals surface area contributed by atoms with Crippen LogP contribution in [-0.2, 0) is 0 Å². The van der Waals surface area contributed by atoms with Gasteiger partial charge in [-0.05, 0) is 54.7 Å². The molecule has 134 valence electrons. The van der Waals surface area contributed by atoms with Crippen molar-refractivity contribution < 1.29 is 14.6 Å². The maximum atomic E-state index is 10.9. The highest BCUT2D eigenvalue weighted by Gasteiger charge is 2.05. The maximum Gasteiger partial charge on any atom is 0.335 e. The predicted octanol–water partition coefficient (Wildman–Crippen LogP) is 6.16. The largest absolute Gasteiger partial charge is 0.494 e. The first kappa shape index (κ1) is 19.5. The number of carbonyl (C=O) groups is 1. The van der Waals surface area contributed by atoms with Gasteiger partial charge in [-0.2, -0.15) is 0 Å². The molecule has 2 rings (SSSR count). The van der Waals surface area contributed by atoms with Crippen LogP contribution in [0.2, 0.25) is 0 Å². The molecule has 1 unspecified atom stereocenters. The highest BCUT2D eigenvalue weighted by atomic mass is 79.9. The third kappa shape index (κ3) is 6.54. The number of ether oxygens (including phenoxy) is 1. The maximum absolute atomic E-state index is 10.9. The van der Waals surface area contributed by atoms with Crippen LogP contribution in [0.25, 0.3) is 11.1 Å². The summed E-state index contributed by atoms with van der Waals surface area (Å²) in [5.74, 6) is -0.0405. The molecule has 0 aliphatic carbocycles. The molecule has 0 saturated heterocycles. The van der Waals surface area contributed by atoms with Gasteiger partial charge in [0.1, 0.15) is 5.75 Å². The minimum Gasteiger partial charge on any atom is -0.494 e. The van der Waals surface area contributed by atoms with Crippen molar-refractivity contribution in [2.24, 2.45) is 0 Å². The van der Waals surface area contributed by atoms with Crippen LogP contribution >= 0.6 is 15.9 Å². The van der Waals surface area contributed by atoms with Crippen molar-refractivity contribution >= 4 is 21.9 Å². The molecule has 0 spiro atoms. The molecule has 0 aromatic heterocycles. The molecule has 1 atom stereocenters. The van der Waals surface area contributed by atoms with Gasteiger partial charge >= 0.3 is 5.97 Å². The van der Waals surface area contributed by atoms with Crippen LogP contribution in [0.15, 0.2) is 48.5 Å². The van der Waals surface area contributed by atoms with Crippen molar-refractivity contribution in [1.29, 1.82) is 0 Å². The van der Waals surface area contributed by atoms with E-state index in [2.05, 4.69) is 22.9 Å². The first-order valence-corrected chi connectivity index (χ1v) is 9.72. The normalized spacial score (nSPS) is 11.9. The third-order valence-corrected chi connectivity index (χ3v) is 5.04. The third-order valence-electron chi connectivity index (χ3n) is 4.12. The lowest BCUT2D eigenvalue weighted by atomic mass is 10.0. The van der Waals surface area contributed by atoms with E-state index in [1.807, 2.05) is 36.4 Å². The van der Waals surface area contributed by atoms with Crippen LogP contribution < -0.4 is 4.74 Å². The van der Waals surface area contributed by atoms with Gasteiger partial charge in [-0.3, -0.25) is 0 Å². The van der Waals surface area contributed by atoms with Crippen molar-refractivity contribution in [3.63, 3.8) is 0 Å². The molecule has 0 aliphatic heterocycles. The molecule has 2 aromatic rings. The Bertz CT molecular complexity index is 650. The summed E-state index contributed by atoms with van der Waals surface area (Å²) in [6.07, 6.45) is 5.91. The fraction of sp³-hybridized carbons (Fsp3) is 0.381. The molecule has 2 aromatic carbocycles. The van der Waals surface area contributed by atoms with Crippen molar-refractivity contribution in [2.75, 3.05) is 6.61 Å². The fourth-order valence-electron chi connectivity index (χ4n) is 2.61. The standard InChI is InChI=1S/C21H25BrO3/c1-2-3-5-19(22)6-4-15-25-20-13-11-17(12-14-20)16-7-9-18(10-8-16)21(23)24/h7-14,19H,2-6,15H2,1H3,(H,23,24). The Balaban J connectivity index is 1.80. The van der Waals surface area contributed by atoms with E-state index in [9.17, 15) is 4.79 Å². The van der Waals surface area contributed by atoms with Crippen LogP contribution in [0.1, 0.15) is 49.4 Å². The monoisotopic (exact) mass is 404 g/mol. The lowest BCUT2D eigenvalue weighted by molar-refractivity contribution is 0.0697. The van der Waals surface area contributed by atoms with E-state index in [1.54, 1.807) is 12.1 Å². The molecule has 0 saturated carbocycles. The molecule has 0 fully saturated rings. The summed E-state index contributed by atoms with van der Waals surface area (Å²) in [7, 11) is 0. The molecular weight excluding hydrogens is 380 g/mol. The summed E-state index contributed by atoms with van der Waals surface area (Å²) in [4.78, 5) is 11.5. The Morgan fingerprint density at radius 2 is 1.56 bits per heavy atom. The van der Waals surface area contributed by atoms with Crippen LogP contribution in [0.4, 0.5) is 0 Å². The van der Waals surface area contributed by atoms with E-state index >= 15 is 0 Å². The Kier molecular flexibility index (Phi) is 7.99.